The quantitative estimate of drug-likeness (QED) is 0.458. The number of hydrogen-bond donors (Lipinski definition) is 1. The Morgan fingerprint density at radius 1 is 1.28 bits per heavy atom. The van der Waals surface area contributed by atoms with Gasteiger partial charge in [0.2, 0.25) is 5.13 Å². The van der Waals surface area contributed by atoms with E-state index >= 15 is 0 Å². The second-order valence-electron chi connectivity index (χ2n) is 5.18. The second kappa shape index (κ2) is 8.66. The lowest BCUT2D eigenvalue weighted by Crippen LogP contribution is -2.06. The van der Waals surface area contributed by atoms with Gasteiger partial charge in [0.15, 0.2) is 4.34 Å². The molecule has 132 valence electrons. The van der Waals surface area contributed by atoms with Gasteiger partial charge < -0.3 is 10.1 Å². The summed E-state index contributed by atoms with van der Waals surface area (Å²) in [5.41, 5.74) is 2.89. The molecule has 1 aromatic carbocycles. The summed E-state index contributed by atoms with van der Waals surface area (Å²) < 4.78 is 7.67. The fraction of sp³-hybridized carbons (Fsp3) is 0.312. The SMILES string of the molecule is COCCNc1nnc(SCc2c(C)nn(-c3ccccc3)c2Cl)s1. The van der Waals surface area contributed by atoms with E-state index in [4.69, 9.17) is 16.3 Å². The zero-order chi connectivity index (χ0) is 17.6. The molecular formula is C16H18ClN5OS2. The molecule has 2 heterocycles. The van der Waals surface area contributed by atoms with Crippen molar-refractivity contribution in [3.05, 3.63) is 46.7 Å². The van der Waals surface area contributed by atoms with Crippen LogP contribution in [0.5, 0.6) is 0 Å². The van der Waals surface area contributed by atoms with Crippen LogP contribution in [0, 0.1) is 6.92 Å². The van der Waals surface area contributed by atoms with Gasteiger partial charge in [0.1, 0.15) is 5.15 Å². The molecule has 0 saturated carbocycles. The van der Waals surface area contributed by atoms with Gasteiger partial charge in [-0.3, -0.25) is 0 Å². The highest BCUT2D eigenvalue weighted by Gasteiger charge is 2.16. The minimum absolute atomic E-state index is 0.634. The van der Waals surface area contributed by atoms with Gasteiger partial charge in [-0.1, -0.05) is 52.9 Å². The Morgan fingerprint density at radius 3 is 2.84 bits per heavy atom. The second-order valence-corrected chi connectivity index (χ2v) is 7.74. The molecule has 0 bridgehead atoms. The van der Waals surface area contributed by atoms with Gasteiger partial charge in [0, 0.05) is 25.0 Å². The first kappa shape index (κ1) is 18.2. The van der Waals surface area contributed by atoms with Crippen molar-refractivity contribution in [3.63, 3.8) is 0 Å². The molecule has 0 amide bonds. The molecule has 6 nitrogen and oxygen atoms in total. The molecule has 0 spiro atoms. The standard InChI is InChI=1S/C16H18ClN5OS2/c1-11-13(14(17)22(21-11)12-6-4-3-5-7-12)10-24-16-20-19-15(25-16)18-8-9-23-2/h3-7H,8-10H2,1-2H3,(H,18,19). The van der Waals surface area contributed by atoms with E-state index in [-0.39, 0.29) is 0 Å². The molecule has 0 aliphatic rings. The summed E-state index contributed by atoms with van der Waals surface area (Å²) in [5, 5.41) is 17.5. The molecule has 9 heteroatoms. The number of rotatable bonds is 8. The summed E-state index contributed by atoms with van der Waals surface area (Å²) >= 11 is 9.68. The number of ether oxygens (including phenoxy) is 1. The molecule has 0 aliphatic heterocycles. The van der Waals surface area contributed by atoms with Crippen LogP contribution in [0.15, 0.2) is 34.7 Å². The van der Waals surface area contributed by atoms with E-state index in [2.05, 4.69) is 20.6 Å². The van der Waals surface area contributed by atoms with Gasteiger partial charge in [-0.2, -0.15) is 5.10 Å². The lowest BCUT2D eigenvalue weighted by Gasteiger charge is -2.03. The number of aromatic nitrogens is 4. The number of para-hydroxylation sites is 1. The maximum atomic E-state index is 6.55. The summed E-state index contributed by atoms with van der Waals surface area (Å²) in [6.45, 7) is 3.32. The summed E-state index contributed by atoms with van der Waals surface area (Å²) in [5.74, 6) is 0.699. The average Bonchev–Trinajstić information content (AvgIpc) is 3.19. The maximum absolute atomic E-state index is 6.55. The zero-order valence-electron chi connectivity index (χ0n) is 13.9. The van der Waals surface area contributed by atoms with E-state index in [1.54, 1.807) is 23.6 Å². The number of methoxy groups -OCH3 is 1. The fourth-order valence-corrected chi connectivity index (χ4v) is 4.45. The van der Waals surface area contributed by atoms with Crippen LogP contribution in [0.2, 0.25) is 5.15 Å². The van der Waals surface area contributed by atoms with Gasteiger partial charge in [-0.05, 0) is 19.1 Å². The lowest BCUT2D eigenvalue weighted by molar-refractivity contribution is 0.211. The largest absolute Gasteiger partial charge is 0.383 e. The van der Waals surface area contributed by atoms with Gasteiger partial charge >= 0.3 is 0 Å². The van der Waals surface area contributed by atoms with Crippen molar-refractivity contribution in [1.29, 1.82) is 0 Å². The van der Waals surface area contributed by atoms with Crippen molar-refractivity contribution < 1.29 is 4.74 Å². The van der Waals surface area contributed by atoms with Crippen LogP contribution in [0.4, 0.5) is 5.13 Å². The predicted molar refractivity (Wildman–Crippen MR) is 103 cm³/mol. The Bertz CT molecular complexity index is 821. The summed E-state index contributed by atoms with van der Waals surface area (Å²) in [7, 11) is 1.67. The number of aryl methyl sites for hydroxylation is 1. The van der Waals surface area contributed by atoms with E-state index in [9.17, 15) is 0 Å². The zero-order valence-corrected chi connectivity index (χ0v) is 16.3. The van der Waals surface area contributed by atoms with Gasteiger partial charge in [-0.25, -0.2) is 4.68 Å². The van der Waals surface area contributed by atoms with Crippen molar-refractivity contribution in [2.45, 2.75) is 17.0 Å². The first-order chi connectivity index (χ1) is 12.2. The van der Waals surface area contributed by atoms with Crippen molar-refractivity contribution >= 4 is 39.8 Å². The van der Waals surface area contributed by atoms with Crippen LogP contribution in [0.1, 0.15) is 11.3 Å². The minimum atomic E-state index is 0.634. The van der Waals surface area contributed by atoms with Gasteiger partial charge in [0.05, 0.1) is 18.0 Å². The Labute approximate surface area is 159 Å². The molecule has 0 fully saturated rings. The lowest BCUT2D eigenvalue weighted by atomic mass is 10.3. The molecule has 3 rings (SSSR count). The van der Waals surface area contributed by atoms with Crippen LogP contribution in [0.25, 0.3) is 5.69 Å². The Hall–Kier alpha value is -1.61. The summed E-state index contributed by atoms with van der Waals surface area (Å²) in [6, 6.07) is 9.88. The molecule has 3 aromatic rings. The van der Waals surface area contributed by atoms with Gasteiger partial charge in [0.25, 0.3) is 0 Å². The Balaban J connectivity index is 1.67. The smallest absolute Gasteiger partial charge is 0.206 e. The number of hydrogen-bond acceptors (Lipinski definition) is 7. The van der Waals surface area contributed by atoms with Crippen molar-refractivity contribution in [1.82, 2.24) is 20.0 Å². The molecule has 2 aromatic heterocycles. The van der Waals surface area contributed by atoms with E-state index in [1.165, 1.54) is 11.3 Å². The van der Waals surface area contributed by atoms with Crippen molar-refractivity contribution in [3.8, 4) is 5.69 Å². The molecule has 0 unspecified atom stereocenters. The Morgan fingerprint density at radius 2 is 2.08 bits per heavy atom. The third kappa shape index (κ3) is 4.52. The van der Waals surface area contributed by atoms with Crippen LogP contribution in [-0.2, 0) is 10.5 Å². The van der Waals surface area contributed by atoms with E-state index in [0.29, 0.717) is 24.1 Å². The van der Waals surface area contributed by atoms with Crippen molar-refractivity contribution in [2.75, 3.05) is 25.6 Å². The van der Waals surface area contributed by atoms with Crippen LogP contribution >= 0.6 is 34.7 Å². The topological polar surface area (TPSA) is 64.9 Å². The average molecular weight is 396 g/mol. The molecule has 0 radical (unpaired) electrons. The van der Waals surface area contributed by atoms with Crippen molar-refractivity contribution in [2.24, 2.45) is 0 Å². The molecular weight excluding hydrogens is 378 g/mol. The summed E-state index contributed by atoms with van der Waals surface area (Å²) in [4.78, 5) is 0. The molecule has 25 heavy (non-hydrogen) atoms. The third-order valence-electron chi connectivity index (χ3n) is 3.45. The minimum Gasteiger partial charge on any atom is -0.383 e. The molecule has 0 saturated heterocycles. The fourth-order valence-electron chi connectivity index (χ4n) is 2.17. The third-order valence-corrected chi connectivity index (χ3v) is 5.88. The van der Waals surface area contributed by atoms with E-state index in [1.807, 2.05) is 37.3 Å². The molecule has 0 aliphatic carbocycles. The first-order valence-corrected chi connectivity index (χ1v) is 9.85. The van der Waals surface area contributed by atoms with Crippen LogP contribution in [0.3, 0.4) is 0 Å². The number of anilines is 1. The number of halogens is 1. The highest BCUT2D eigenvalue weighted by Crippen LogP contribution is 2.32. The van der Waals surface area contributed by atoms with Gasteiger partial charge in [-0.15, -0.1) is 10.2 Å². The monoisotopic (exact) mass is 395 g/mol. The number of thioether (sulfide) groups is 1. The number of nitrogens with zero attached hydrogens (tertiary/aromatic N) is 4. The first-order valence-electron chi connectivity index (χ1n) is 7.67. The molecule has 1 N–H and O–H groups in total. The Kier molecular flexibility index (Phi) is 6.30. The van der Waals surface area contributed by atoms with E-state index in [0.717, 1.165) is 26.4 Å². The maximum Gasteiger partial charge on any atom is 0.206 e. The highest BCUT2D eigenvalue weighted by atomic mass is 35.5. The molecule has 0 atom stereocenters. The normalized spacial score (nSPS) is 11.0. The number of benzene rings is 1. The highest BCUT2D eigenvalue weighted by molar-refractivity contribution is 8.00. The van der Waals surface area contributed by atoms with Crippen LogP contribution in [-0.4, -0.2) is 40.2 Å². The number of nitrogens with one attached hydrogen (secondary N) is 1. The summed E-state index contributed by atoms with van der Waals surface area (Å²) in [6.07, 6.45) is 0. The predicted octanol–water partition coefficient (Wildman–Crippen LogP) is 4.04. The van der Waals surface area contributed by atoms with E-state index < -0.39 is 0 Å². The van der Waals surface area contributed by atoms with Crippen LogP contribution < -0.4 is 5.32 Å².